The van der Waals surface area contributed by atoms with Gasteiger partial charge in [-0.2, -0.15) is 0 Å². The summed E-state index contributed by atoms with van der Waals surface area (Å²) in [5, 5.41) is 4.46. The van der Waals surface area contributed by atoms with E-state index in [1.54, 1.807) is 0 Å². The number of nitrogens with one attached hydrogen (secondary N) is 1. The number of para-hydroxylation sites is 1. The maximum atomic E-state index is 6.06. The fraction of sp³-hybridized carbons (Fsp3) is 0.529. The Balaban J connectivity index is 1.76. The SMILES string of the molecule is CNCc1c(CN(C)CC2CCCO2)oc2ccccc12. The molecule has 0 aliphatic carbocycles. The molecular weight excluding hydrogens is 264 g/mol. The molecule has 1 atom stereocenters. The molecule has 2 heterocycles. The van der Waals surface area contributed by atoms with Crippen molar-refractivity contribution in [1.29, 1.82) is 0 Å². The van der Waals surface area contributed by atoms with Crippen LogP contribution in [-0.4, -0.2) is 38.3 Å². The molecule has 1 N–H and O–H groups in total. The first-order valence-electron chi connectivity index (χ1n) is 7.72. The molecule has 0 bridgehead atoms. The highest BCUT2D eigenvalue weighted by Gasteiger charge is 2.20. The summed E-state index contributed by atoms with van der Waals surface area (Å²) in [6.07, 6.45) is 2.74. The second-order valence-electron chi connectivity index (χ2n) is 5.86. The number of fused-ring (bicyclic) bond motifs is 1. The Labute approximate surface area is 126 Å². The average Bonchev–Trinajstić information content (AvgIpc) is 3.08. The van der Waals surface area contributed by atoms with Crippen molar-refractivity contribution in [1.82, 2.24) is 10.2 Å². The summed E-state index contributed by atoms with van der Waals surface area (Å²) in [6, 6.07) is 8.26. The van der Waals surface area contributed by atoms with Crippen molar-refractivity contribution in [2.45, 2.75) is 32.0 Å². The molecule has 1 aliphatic heterocycles. The molecule has 1 unspecified atom stereocenters. The minimum atomic E-state index is 0.382. The highest BCUT2D eigenvalue weighted by atomic mass is 16.5. The lowest BCUT2D eigenvalue weighted by Gasteiger charge is -2.19. The number of benzene rings is 1. The van der Waals surface area contributed by atoms with Crippen LogP contribution in [0.15, 0.2) is 28.7 Å². The quantitative estimate of drug-likeness (QED) is 0.887. The van der Waals surface area contributed by atoms with Crippen LogP contribution < -0.4 is 5.32 Å². The Morgan fingerprint density at radius 1 is 1.33 bits per heavy atom. The molecule has 1 fully saturated rings. The molecular formula is C17H24N2O2. The molecule has 0 spiro atoms. The maximum Gasteiger partial charge on any atom is 0.134 e. The number of furan rings is 1. The zero-order valence-corrected chi connectivity index (χ0v) is 12.9. The van der Waals surface area contributed by atoms with Gasteiger partial charge in [-0.25, -0.2) is 0 Å². The Hall–Kier alpha value is -1.36. The number of likely N-dealkylation sites (N-methyl/N-ethyl adjacent to an activating group) is 1. The third-order valence-corrected chi connectivity index (χ3v) is 4.09. The van der Waals surface area contributed by atoms with Crippen molar-refractivity contribution in [3.8, 4) is 0 Å². The van der Waals surface area contributed by atoms with Gasteiger partial charge in [-0.15, -0.1) is 0 Å². The molecule has 4 nitrogen and oxygen atoms in total. The van der Waals surface area contributed by atoms with Crippen LogP contribution >= 0.6 is 0 Å². The standard InChI is InChI=1S/C17H24N2O2/c1-18-10-15-14-7-3-4-8-16(14)21-17(15)12-19(2)11-13-6-5-9-20-13/h3-4,7-8,13,18H,5-6,9-12H2,1-2H3. The highest BCUT2D eigenvalue weighted by molar-refractivity contribution is 5.82. The van der Waals surface area contributed by atoms with Crippen LogP contribution in [0.2, 0.25) is 0 Å². The van der Waals surface area contributed by atoms with E-state index in [9.17, 15) is 0 Å². The molecule has 2 aromatic rings. The largest absolute Gasteiger partial charge is 0.459 e. The second-order valence-corrected chi connectivity index (χ2v) is 5.86. The predicted molar refractivity (Wildman–Crippen MR) is 84.3 cm³/mol. The van der Waals surface area contributed by atoms with Gasteiger partial charge in [0.1, 0.15) is 11.3 Å². The first-order chi connectivity index (χ1) is 10.3. The van der Waals surface area contributed by atoms with E-state index in [4.69, 9.17) is 9.15 Å². The monoisotopic (exact) mass is 288 g/mol. The third kappa shape index (κ3) is 3.28. The first-order valence-corrected chi connectivity index (χ1v) is 7.72. The van der Waals surface area contributed by atoms with Crippen molar-refractivity contribution < 1.29 is 9.15 Å². The average molecular weight is 288 g/mol. The zero-order valence-electron chi connectivity index (χ0n) is 12.9. The van der Waals surface area contributed by atoms with Crippen molar-refractivity contribution in [2.75, 3.05) is 27.2 Å². The van der Waals surface area contributed by atoms with Gasteiger partial charge in [-0.05, 0) is 33.0 Å². The van der Waals surface area contributed by atoms with Crippen molar-refractivity contribution >= 4 is 11.0 Å². The van der Waals surface area contributed by atoms with Gasteiger partial charge in [0, 0.05) is 30.6 Å². The summed E-state index contributed by atoms with van der Waals surface area (Å²) in [4.78, 5) is 2.30. The minimum absolute atomic E-state index is 0.382. The van der Waals surface area contributed by atoms with Gasteiger partial charge in [0.25, 0.3) is 0 Å². The fourth-order valence-corrected chi connectivity index (χ4v) is 3.09. The van der Waals surface area contributed by atoms with E-state index < -0.39 is 0 Å². The molecule has 0 amide bonds. The molecule has 0 radical (unpaired) electrons. The Bertz CT molecular complexity index is 587. The van der Waals surface area contributed by atoms with Crippen LogP contribution in [0.3, 0.4) is 0 Å². The number of nitrogens with zero attached hydrogens (tertiary/aromatic N) is 1. The third-order valence-electron chi connectivity index (χ3n) is 4.09. The van der Waals surface area contributed by atoms with E-state index in [0.717, 1.165) is 37.6 Å². The lowest BCUT2D eigenvalue weighted by Crippen LogP contribution is -2.28. The number of hydrogen-bond acceptors (Lipinski definition) is 4. The van der Waals surface area contributed by atoms with Gasteiger partial charge in [0.05, 0.1) is 12.6 Å². The van der Waals surface area contributed by atoms with Crippen molar-refractivity contribution in [3.05, 3.63) is 35.6 Å². The highest BCUT2D eigenvalue weighted by Crippen LogP contribution is 2.27. The van der Waals surface area contributed by atoms with Crippen LogP contribution in [-0.2, 0) is 17.8 Å². The van der Waals surface area contributed by atoms with Gasteiger partial charge in [-0.3, -0.25) is 4.90 Å². The summed E-state index contributed by atoms with van der Waals surface area (Å²) in [7, 11) is 4.11. The summed E-state index contributed by atoms with van der Waals surface area (Å²) in [5.74, 6) is 1.06. The lowest BCUT2D eigenvalue weighted by atomic mass is 10.1. The van der Waals surface area contributed by atoms with Gasteiger partial charge in [0.15, 0.2) is 0 Å². The Morgan fingerprint density at radius 2 is 2.19 bits per heavy atom. The van der Waals surface area contributed by atoms with Gasteiger partial charge in [-0.1, -0.05) is 18.2 Å². The minimum Gasteiger partial charge on any atom is -0.459 e. The van der Waals surface area contributed by atoms with Gasteiger partial charge >= 0.3 is 0 Å². The molecule has 1 aliphatic rings. The number of ether oxygens (including phenoxy) is 1. The van der Waals surface area contributed by atoms with Gasteiger partial charge in [0.2, 0.25) is 0 Å². The fourth-order valence-electron chi connectivity index (χ4n) is 3.09. The van der Waals surface area contributed by atoms with E-state index in [2.05, 4.69) is 29.4 Å². The Morgan fingerprint density at radius 3 is 2.95 bits per heavy atom. The number of hydrogen-bond donors (Lipinski definition) is 1. The maximum absolute atomic E-state index is 6.06. The van der Waals surface area contributed by atoms with Crippen LogP contribution in [0.4, 0.5) is 0 Å². The molecule has 1 aromatic heterocycles. The van der Waals surface area contributed by atoms with E-state index in [1.807, 2.05) is 19.2 Å². The summed E-state index contributed by atoms with van der Waals surface area (Å²) in [5.41, 5.74) is 2.25. The second kappa shape index (κ2) is 6.60. The van der Waals surface area contributed by atoms with Crippen LogP contribution in [0.1, 0.15) is 24.2 Å². The smallest absolute Gasteiger partial charge is 0.134 e. The molecule has 21 heavy (non-hydrogen) atoms. The van der Waals surface area contributed by atoms with E-state index in [0.29, 0.717) is 6.10 Å². The molecule has 1 saturated heterocycles. The molecule has 3 rings (SSSR count). The van der Waals surface area contributed by atoms with E-state index in [1.165, 1.54) is 23.8 Å². The number of rotatable bonds is 6. The summed E-state index contributed by atoms with van der Waals surface area (Å²) < 4.78 is 11.8. The van der Waals surface area contributed by atoms with Crippen molar-refractivity contribution in [3.63, 3.8) is 0 Å². The molecule has 1 aromatic carbocycles. The lowest BCUT2D eigenvalue weighted by molar-refractivity contribution is 0.0775. The summed E-state index contributed by atoms with van der Waals surface area (Å²) >= 11 is 0. The molecule has 114 valence electrons. The Kier molecular flexibility index (Phi) is 4.58. The van der Waals surface area contributed by atoms with Crippen LogP contribution in [0.25, 0.3) is 11.0 Å². The zero-order chi connectivity index (χ0) is 14.7. The topological polar surface area (TPSA) is 37.6 Å². The normalized spacial score (nSPS) is 18.9. The first kappa shape index (κ1) is 14.6. The molecule has 4 heteroatoms. The molecule has 0 saturated carbocycles. The summed E-state index contributed by atoms with van der Waals surface area (Å²) in [6.45, 7) is 3.54. The van der Waals surface area contributed by atoms with Crippen molar-refractivity contribution in [2.24, 2.45) is 0 Å². The van der Waals surface area contributed by atoms with E-state index in [-0.39, 0.29) is 0 Å². The van der Waals surface area contributed by atoms with Crippen LogP contribution in [0, 0.1) is 0 Å². The van der Waals surface area contributed by atoms with Gasteiger partial charge < -0.3 is 14.5 Å². The van der Waals surface area contributed by atoms with E-state index >= 15 is 0 Å². The van der Waals surface area contributed by atoms with Crippen LogP contribution in [0.5, 0.6) is 0 Å². The predicted octanol–water partition coefficient (Wildman–Crippen LogP) is 2.76.